The van der Waals surface area contributed by atoms with E-state index in [-0.39, 0.29) is 16.9 Å². The quantitative estimate of drug-likeness (QED) is 0.673. The van der Waals surface area contributed by atoms with Gasteiger partial charge in [-0.2, -0.15) is 4.98 Å². The number of nitrogens with two attached hydrogens (primary N) is 1. The molecule has 1 heterocycles. The van der Waals surface area contributed by atoms with E-state index in [0.717, 1.165) is 0 Å². The third-order valence-corrected chi connectivity index (χ3v) is 2.97. The van der Waals surface area contributed by atoms with Crippen molar-refractivity contribution in [2.45, 2.75) is 18.5 Å². The number of aromatic nitrogens is 3. The van der Waals surface area contributed by atoms with Crippen LogP contribution in [0.5, 0.6) is 0 Å². The fourth-order valence-corrected chi connectivity index (χ4v) is 1.91. The molecule has 0 saturated heterocycles. The van der Waals surface area contributed by atoms with E-state index in [2.05, 4.69) is 15.2 Å². The molecule has 0 amide bonds. The highest BCUT2D eigenvalue weighted by Crippen LogP contribution is 2.05. The predicted molar refractivity (Wildman–Crippen MR) is 43.1 cm³/mol. The number of H-pyrrole nitrogens is 1. The molecule has 12 heavy (non-hydrogen) atoms. The normalized spacial score (nSPS) is 11.8. The van der Waals surface area contributed by atoms with E-state index < -0.39 is 9.84 Å². The molecule has 0 bridgehead atoms. The fraction of sp³-hybridized carbons (Fsp3) is 0.600. The van der Waals surface area contributed by atoms with Gasteiger partial charge in [0.2, 0.25) is 20.9 Å². The van der Waals surface area contributed by atoms with Crippen molar-refractivity contribution < 1.29 is 8.42 Å². The van der Waals surface area contributed by atoms with Gasteiger partial charge in [0.1, 0.15) is 0 Å². The molecule has 1 aromatic rings. The van der Waals surface area contributed by atoms with Gasteiger partial charge >= 0.3 is 0 Å². The number of sulfone groups is 1. The fourth-order valence-electron chi connectivity index (χ4n) is 0.764. The highest BCUT2D eigenvalue weighted by Gasteiger charge is 2.17. The van der Waals surface area contributed by atoms with Gasteiger partial charge in [0.25, 0.3) is 0 Å². The van der Waals surface area contributed by atoms with Gasteiger partial charge in [0.05, 0.1) is 5.75 Å². The highest BCUT2D eigenvalue weighted by molar-refractivity contribution is 7.91. The van der Waals surface area contributed by atoms with Gasteiger partial charge in [-0.25, -0.2) is 13.5 Å². The molecule has 0 saturated carbocycles. The molecule has 0 aliphatic heterocycles. The van der Waals surface area contributed by atoms with Crippen LogP contribution in [-0.2, 0) is 9.84 Å². The van der Waals surface area contributed by atoms with E-state index in [4.69, 9.17) is 5.73 Å². The summed E-state index contributed by atoms with van der Waals surface area (Å²) in [6.45, 7) is 1.78. The minimum Gasteiger partial charge on any atom is -0.366 e. The number of nitrogens with zero attached hydrogens (tertiary/aromatic N) is 2. The van der Waals surface area contributed by atoms with E-state index >= 15 is 0 Å². The summed E-state index contributed by atoms with van der Waals surface area (Å²) in [7, 11) is -3.30. The Morgan fingerprint density at radius 1 is 1.58 bits per heavy atom. The molecule has 0 unspecified atom stereocenters. The first kappa shape index (κ1) is 8.98. The first-order valence-electron chi connectivity index (χ1n) is 3.47. The second kappa shape index (κ2) is 3.10. The van der Waals surface area contributed by atoms with Gasteiger partial charge in [-0.05, 0) is 6.42 Å². The maximum absolute atomic E-state index is 11.3. The van der Waals surface area contributed by atoms with Crippen LogP contribution in [0.15, 0.2) is 5.16 Å². The van der Waals surface area contributed by atoms with E-state index in [1.54, 1.807) is 6.92 Å². The lowest BCUT2D eigenvalue weighted by molar-refractivity contribution is 0.586. The van der Waals surface area contributed by atoms with Crippen LogP contribution in [-0.4, -0.2) is 29.4 Å². The van der Waals surface area contributed by atoms with Crippen LogP contribution < -0.4 is 5.73 Å². The molecule has 6 nitrogen and oxygen atoms in total. The first-order chi connectivity index (χ1) is 5.56. The SMILES string of the molecule is CCCS(=O)(=O)c1nc(N)n[nH]1. The monoisotopic (exact) mass is 190 g/mol. The van der Waals surface area contributed by atoms with Crippen molar-refractivity contribution in [2.75, 3.05) is 11.5 Å². The van der Waals surface area contributed by atoms with Gasteiger partial charge < -0.3 is 5.73 Å². The Bertz CT molecular complexity index is 355. The van der Waals surface area contributed by atoms with Gasteiger partial charge in [-0.3, -0.25) is 0 Å². The van der Waals surface area contributed by atoms with Crippen LogP contribution in [0, 0.1) is 0 Å². The van der Waals surface area contributed by atoms with Crippen molar-refractivity contribution in [3.8, 4) is 0 Å². The van der Waals surface area contributed by atoms with Crippen LogP contribution in [0.4, 0.5) is 5.95 Å². The van der Waals surface area contributed by atoms with Gasteiger partial charge in [0, 0.05) is 0 Å². The zero-order chi connectivity index (χ0) is 9.19. The molecule has 1 aromatic heterocycles. The van der Waals surface area contributed by atoms with Crippen molar-refractivity contribution in [3.63, 3.8) is 0 Å². The summed E-state index contributed by atoms with van der Waals surface area (Å²) in [5.74, 6) is 0.00595. The summed E-state index contributed by atoms with van der Waals surface area (Å²) in [4.78, 5) is 3.52. The number of nitrogens with one attached hydrogen (secondary N) is 1. The molecule has 0 fully saturated rings. The highest BCUT2D eigenvalue weighted by atomic mass is 32.2. The zero-order valence-corrected chi connectivity index (χ0v) is 7.43. The summed E-state index contributed by atoms with van der Waals surface area (Å²) < 4.78 is 22.5. The number of aromatic amines is 1. The topological polar surface area (TPSA) is 102 Å². The van der Waals surface area contributed by atoms with Crippen molar-refractivity contribution in [2.24, 2.45) is 0 Å². The number of anilines is 1. The van der Waals surface area contributed by atoms with Crippen molar-refractivity contribution in [1.82, 2.24) is 15.2 Å². The molecule has 0 aliphatic rings. The summed E-state index contributed by atoms with van der Waals surface area (Å²) >= 11 is 0. The standard InChI is InChI=1S/C5H10N4O2S/c1-2-3-12(10,11)5-7-4(6)8-9-5/h2-3H2,1H3,(H3,6,7,8,9). The van der Waals surface area contributed by atoms with Crippen LogP contribution in [0.2, 0.25) is 0 Å². The Labute approximate surface area is 70.1 Å². The van der Waals surface area contributed by atoms with E-state index in [1.165, 1.54) is 0 Å². The van der Waals surface area contributed by atoms with Crippen LogP contribution in [0.1, 0.15) is 13.3 Å². The maximum atomic E-state index is 11.3. The molecule has 3 N–H and O–H groups in total. The first-order valence-corrected chi connectivity index (χ1v) is 5.12. The molecular weight excluding hydrogens is 180 g/mol. The second-order valence-corrected chi connectivity index (χ2v) is 4.34. The molecule has 1 rings (SSSR count). The van der Waals surface area contributed by atoms with Gasteiger partial charge in [-0.1, -0.05) is 6.92 Å². The van der Waals surface area contributed by atoms with Crippen molar-refractivity contribution in [3.05, 3.63) is 0 Å². The minimum absolute atomic E-state index is 0.0512. The third-order valence-electron chi connectivity index (χ3n) is 1.25. The molecular formula is C5H10N4O2S. The third kappa shape index (κ3) is 1.73. The van der Waals surface area contributed by atoms with Crippen LogP contribution >= 0.6 is 0 Å². The minimum atomic E-state index is -3.30. The Balaban J connectivity index is 2.98. The molecule has 0 aromatic carbocycles. The summed E-state index contributed by atoms with van der Waals surface area (Å²) in [5.41, 5.74) is 5.15. The molecule has 0 radical (unpaired) electrons. The van der Waals surface area contributed by atoms with E-state index in [0.29, 0.717) is 6.42 Å². The second-order valence-electron chi connectivity index (χ2n) is 2.32. The maximum Gasteiger partial charge on any atom is 0.244 e. The molecule has 0 spiro atoms. The smallest absolute Gasteiger partial charge is 0.244 e. The van der Waals surface area contributed by atoms with Crippen LogP contribution in [0.25, 0.3) is 0 Å². The summed E-state index contributed by atoms with van der Waals surface area (Å²) in [5, 5.41) is 5.53. The summed E-state index contributed by atoms with van der Waals surface area (Å²) in [6, 6.07) is 0. The lowest BCUT2D eigenvalue weighted by atomic mass is 10.6. The average molecular weight is 190 g/mol. The van der Waals surface area contributed by atoms with E-state index in [1.807, 2.05) is 0 Å². The summed E-state index contributed by atoms with van der Waals surface area (Å²) in [6.07, 6.45) is 0.545. The van der Waals surface area contributed by atoms with Crippen molar-refractivity contribution >= 4 is 15.8 Å². The molecule has 7 heteroatoms. The van der Waals surface area contributed by atoms with E-state index in [9.17, 15) is 8.42 Å². The number of hydrogen-bond donors (Lipinski definition) is 2. The number of hydrogen-bond acceptors (Lipinski definition) is 5. The lowest BCUT2D eigenvalue weighted by Crippen LogP contribution is -2.07. The molecule has 0 atom stereocenters. The molecule has 68 valence electrons. The molecule has 0 aliphatic carbocycles. The average Bonchev–Trinajstić information content (AvgIpc) is 2.36. The zero-order valence-electron chi connectivity index (χ0n) is 6.61. The number of nitrogen functional groups attached to an aromatic ring is 1. The van der Waals surface area contributed by atoms with Gasteiger partial charge in [0.15, 0.2) is 0 Å². The van der Waals surface area contributed by atoms with Gasteiger partial charge in [-0.15, -0.1) is 5.10 Å². The Kier molecular flexibility index (Phi) is 2.32. The lowest BCUT2D eigenvalue weighted by Gasteiger charge is -1.94. The Morgan fingerprint density at radius 2 is 2.25 bits per heavy atom. The van der Waals surface area contributed by atoms with Crippen molar-refractivity contribution in [1.29, 1.82) is 0 Å². The predicted octanol–water partition coefficient (Wildman–Crippen LogP) is -0.429. The van der Waals surface area contributed by atoms with Crippen LogP contribution in [0.3, 0.4) is 0 Å². The Morgan fingerprint density at radius 3 is 2.67 bits per heavy atom. The largest absolute Gasteiger partial charge is 0.366 e. The Hall–Kier alpha value is -1.11. The number of rotatable bonds is 3.